The third kappa shape index (κ3) is 4.07. The van der Waals surface area contributed by atoms with Crippen LogP contribution in [-0.2, 0) is 17.5 Å². The fourth-order valence-corrected chi connectivity index (χ4v) is 3.29. The standard InChI is InChI=1S/C22H17F3N4O2/c1-14-17-4-2-3-5-18(17)21(31)28(14)13-20(30)26-12-15-6-8-16(9-7-15)29-11-10-19(27-29)22(23,24)25/h2-11H,1,12-13H2,(H,26,30). The van der Waals surface area contributed by atoms with E-state index in [0.717, 1.165) is 16.3 Å². The average Bonchev–Trinajstić information content (AvgIpc) is 3.34. The first-order valence-electron chi connectivity index (χ1n) is 9.33. The summed E-state index contributed by atoms with van der Waals surface area (Å²) in [4.78, 5) is 26.1. The Balaban J connectivity index is 1.35. The SMILES string of the molecule is C=C1c2ccccc2C(=O)N1CC(=O)NCc1ccc(-n2ccc(C(F)(F)F)n2)cc1. The Hall–Kier alpha value is -3.88. The van der Waals surface area contributed by atoms with E-state index in [1.165, 1.54) is 11.1 Å². The number of fused-ring (bicyclic) bond motifs is 1. The van der Waals surface area contributed by atoms with Gasteiger partial charge in [0.2, 0.25) is 5.91 Å². The molecule has 2 aromatic carbocycles. The van der Waals surface area contributed by atoms with Crippen molar-refractivity contribution in [3.63, 3.8) is 0 Å². The van der Waals surface area contributed by atoms with Crippen LogP contribution < -0.4 is 5.32 Å². The zero-order chi connectivity index (χ0) is 22.2. The fourth-order valence-electron chi connectivity index (χ4n) is 3.29. The van der Waals surface area contributed by atoms with Gasteiger partial charge in [0.25, 0.3) is 5.91 Å². The monoisotopic (exact) mass is 426 g/mol. The predicted molar refractivity (Wildman–Crippen MR) is 107 cm³/mol. The van der Waals surface area contributed by atoms with Crippen molar-refractivity contribution in [2.45, 2.75) is 12.7 Å². The summed E-state index contributed by atoms with van der Waals surface area (Å²) < 4.78 is 39.2. The molecule has 3 aromatic rings. The maximum Gasteiger partial charge on any atom is 0.435 e. The molecule has 0 saturated heterocycles. The molecular formula is C22H17F3N4O2. The second-order valence-corrected chi connectivity index (χ2v) is 6.97. The summed E-state index contributed by atoms with van der Waals surface area (Å²) in [6, 6.07) is 14.5. The van der Waals surface area contributed by atoms with Gasteiger partial charge in [-0.25, -0.2) is 4.68 Å². The van der Waals surface area contributed by atoms with Gasteiger partial charge < -0.3 is 5.32 Å². The van der Waals surface area contributed by atoms with Crippen LogP contribution in [0.15, 0.2) is 67.4 Å². The zero-order valence-electron chi connectivity index (χ0n) is 16.2. The summed E-state index contributed by atoms with van der Waals surface area (Å²) in [6.07, 6.45) is -3.27. The molecule has 0 spiro atoms. The van der Waals surface area contributed by atoms with Crippen LogP contribution in [0.4, 0.5) is 13.2 Å². The highest BCUT2D eigenvalue weighted by atomic mass is 19.4. The normalized spacial score (nSPS) is 13.5. The molecule has 0 bridgehead atoms. The van der Waals surface area contributed by atoms with Gasteiger partial charge in [-0.3, -0.25) is 14.5 Å². The van der Waals surface area contributed by atoms with Crippen molar-refractivity contribution in [2.75, 3.05) is 6.54 Å². The molecule has 0 unspecified atom stereocenters. The Morgan fingerprint density at radius 1 is 1.03 bits per heavy atom. The topological polar surface area (TPSA) is 67.2 Å². The van der Waals surface area contributed by atoms with E-state index in [1.54, 1.807) is 48.5 Å². The van der Waals surface area contributed by atoms with Gasteiger partial charge in [0.1, 0.15) is 6.54 Å². The minimum Gasteiger partial charge on any atom is -0.350 e. The number of hydrogen-bond donors (Lipinski definition) is 1. The lowest BCUT2D eigenvalue weighted by atomic mass is 10.1. The van der Waals surface area contributed by atoms with Crippen molar-refractivity contribution in [3.8, 4) is 5.69 Å². The highest BCUT2D eigenvalue weighted by Crippen LogP contribution is 2.30. The van der Waals surface area contributed by atoms with Crippen LogP contribution in [0.5, 0.6) is 0 Å². The van der Waals surface area contributed by atoms with Crippen molar-refractivity contribution in [2.24, 2.45) is 0 Å². The first kappa shape index (κ1) is 20.4. The minimum atomic E-state index is -4.50. The number of amides is 2. The van der Waals surface area contributed by atoms with E-state index >= 15 is 0 Å². The van der Waals surface area contributed by atoms with Gasteiger partial charge in [0.15, 0.2) is 5.69 Å². The van der Waals surface area contributed by atoms with Crippen LogP contribution in [0.2, 0.25) is 0 Å². The highest BCUT2D eigenvalue weighted by molar-refractivity contribution is 6.10. The van der Waals surface area contributed by atoms with E-state index in [4.69, 9.17) is 0 Å². The largest absolute Gasteiger partial charge is 0.435 e. The van der Waals surface area contributed by atoms with Gasteiger partial charge in [-0.15, -0.1) is 0 Å². The maximum absolute atomic E-state index is 12.7. The molecule has 6 nitrogen and oxygen atoms in total. The number of rotatable bonds is 5. The Morgan fingerprint density at radius 3 is 2.32 bits per heavy atom. The number of nitrogens with one attached hydrogen (secondary N) is 1. The Bertz CT molecular complexity index is 1130. The minimum absolute atomic E-state index is 0.155. The molecule has 0 atom stereocenters. The first-order chi connectivity index (χ1) is 14.7. The molecule has 1 aromatic heterocycles. The van der Waals surface area contributed by atoms with Gasteiger partial charge in [-0.1, -0.05) is 36.9 Å². The van der Waals surface area contributed by atoms with Crippen molar-refractivity contribution in [1.29, 1.82) is 0 Å². The van der Waals surface area contributed by atoms with Crippen LogP contribution in [0, 0.1) is 0 Å². The number of carbonyl (C=O) groups excluding carboxylic acids is 2. The molecule has 31 heavy (non-hydrogen) atoms. The molecule has 0 radical (unpaired) electrons. The van der Waals surface area contributed by atoms with E-state index in [9.17, 15) is 22.8 Å². The van der Waals surface area contributed by atoms with Gasteiger partial charge in [0, 0.05) is 29.6 Å². The maximum atomic E-state index is 12.7. The highest BCUT2D eigenvalue weighted by Gasteiger charge is 2.34. The quantitative estimate of drug-likeness (QED) is 0.678. The Labute approximate surface area is 175 Å². The number of nitrogens with zero attached hydrogens (tertiary/aromatic N) is 3. The Morgan fingerprint density at radius 2 is 1.71 bits per heavy atom. The van der Waals surface area contributed by atoms with Crippen molar-refractivity contribution >= 4 is 17.5 Å². The average molecular weight is 426 g/mol. The summed E-state index contributed by atoms with van der Waals surface area (Å²) in [6.45, 7) is 3.95. The number of carbonyl (C=O) groups is 2. The van der Waals surface area contributed by atoms with E-state index < -0.39 is 11.9 Å². The van der Waals surface area contributed by atoms with Gasteiger partial charge in [-0.05, 0) is 29.8 Å². The molecule has 1 N–H and O–H groups in total. The van der Waals surface area contributed by atoms with Crippen molar-refractivity contribution in [1.82, 2.24) is 20.0 Å². The molecular weight excluding hydrogens is 409 g/mol. The van der Waals surface area contributed by atoms with Gasteiger partial charge in [0.05, 0.1) is 5.69 Å². The van der Waals surface area contributed by atoms with Crippen LogP contribution in [0.1, 0.15) is 27.2 Å². The summed E-state index contributed by atoms with van der Waals surface area (Å²) in [5.41, 5.74) is 1.95. The molecule has 1 aliphatic rings. The first-order valence-corrected chi connectivity index (χ1v) is 9.33. The third-order valence-corrected chi connectivity index (χ3v) is 4.91. The molecule has 1 aliphatic heterocycles. The second kappa shape index (κ2) is 7.75. The number of alkyl halides is 3. The molecule has 4 rings (SSSR count). The molecule has 0 aliphatic carbocycles. The lowest BCUT2D eigenvalue weighted by Crippen LogP contribution is -2.36. The third-order valence-electron chi connectivity index (χ3n) is 4.91. The molecule has 2 amide bonds. The van der Waals surface area contributed by atoms with Crippen molar-refractivity contribution in [3.05, 3.63) is 89.8 Å². The van der Waals surface area contributed by atoms with Crippen LogP contribution in [0.3, 0.4) is 0 Å². The smallest absolute Gasteiger partial charge is 0.350 e. The predicted octanol–water partition coefficient (Wildman–Crippen LogP) is 3.63. The Kier molecular flexibility index (Phi) is 5.10. The van der Waals surface area contributed by atoms with E-state index in [2.05, 4.69) is 17.0 Å². The number of aromatic nitrogens is 2. The van der Waals surface area contributed by atoms with Crippen molar-refractivity contribution < 1.29 is 22.8 Å². The summed E-state index contributed by atoms with van der Waals surface area (Å²) in [5, 5.41) is 6.25. The summed E-state index contributed by atoms with van der Waals surface area (Å²) in [7, 11) is 0. The summed E-state index contributed by atoms with van der Waals surface area (Å²) >= 11 is 0. The van der Waals surface area contributed by atoms with Gasteiger partial charge in [-0.2, -0.15) is 18.3 Å². The molecule has 0 saturated carbocycles. The zero-order valence-corrected chi connectivity index (χ0v) is 16.2. The van der Waals surface area contributed by atoms with Crippen LogP contribution in [-0.4, -0.2) is 33.0 Å². The van der Waals surface area contributed by atoms with Crippen LogP contribution >= 0.6 is 0 Å². The van der Waals surface area contributed by atoms with E-state index in [-0.39, 0.29) is 24.9 Å². The lowest BCUT2D eigenvalue weighted by Gasteiger charge is -2.17. The fraction of sp³-hybridized carbons (Fsp3) is 0.136. The number of halogens is 3. The summed E-state index contributed by atoms with van der Waals surface area (Å²) in [5.74, 6) is -0.620. The number of benzene rings is 2. The molecule has 2 heterocycles. The molecule has 0 fully saturated rings. The number of hydrogen-bond acceptors (Lipinski definition) is 3. The van der Waals surface area contributed by atoms with Gasteiger partial charge >= 0.3 is 6.18 Å². The second-order valence-electron chi connectivity index (χ2n) is 6.97. The molecule has 9 heteroatoms. The van der Waals surface area contributed by atoms with E-state index in [1.807, 2.05) is 0 Å². The molecule has 158 valence electrons. The van der Waals surface area contributed by atoms with E-state index in [0.29, 0.717) is 22.5 Å². The van der Waals surface area contributed by atoms with Crippen LogP contribution in [0.25, 0.3) is 11.4 Å². The lowest BCUT2D eigenvalue weighted by molar-refractivity contribution is -0.141.